The summed E-state index contributed by atoms with van der Waals surface area (Å²) in [6.07, 6.45) is 4.10. The molecule has 0 bridgehead atoms. The van der Waals surface area contributed by atoms with Crippen LogP contribution < -0.4 is 10.9 Å². The molecule has 3 aromatic heterocycles. The smallest absolute Gasteiger partial charge is 0.260 e. The Balaban J connectivity index is 1.24. The number of halogens is 1. The van der Waals surface area contributed by atoms with E-state index in [0.717, 1.165) is 24.2 Å². The van der Waals surface area contributed by atoms with Gasteiger partial charge >= 0.3 is 0 Å². The van der Waals surface area contributed by atoms with Crippen molar-refractivity contribution in [2.24, 2.45) is 0 Å². The monoisotopic (exact) mass is 583 g/mol. The number of hydrogen-bond acceptors (Lipinski definition) is 8. The number of piperidine rings is 1. The van der Waals surface area contributed by atoms with Gasteiger partial charge < -0.3 is 14.7 Å². The average Bonchev–Trinajstić information content (AvgIpc) is 3.44. The Morgan fingerprint density at radius 1 is 1.05 bits per heavy atom. The first-order valence-electron chi connectivity index (χ1n) is 14.4. The van der Waals surface area contributed by atoms with Crippen molar-refractivity contribution >= 4 is 34.3 Å². The van der Waals surface area contributed by atoms with Crippen LogP contribution in [-0.4, -0.2) is 48.7 Å². The fraction of sp³-hybridized carbons (Fsp3) is 0.344. The molecule has 1 fully saturated rings. The van der Waals surface area contributed by atoms with E-state index in [-0.39, 0.29) is 5.56 Å². The number of benzene rings is 2. The van der Waals surface area contributed by atoms with E-state index in [9.17, 15) is 4.79 Å². The first-order valence-corrected chi connectivity index (χ1v) is 14.8. The minimum absolute atomic E-state index is 0.174. The van der Waals surface area contributed by atoms with Crippen LogP contribution in [0.4, 0.5) is 11.6 Å². The van der Waals surface area contributed by atoms with Crippen LogP contribution in [0.1, 0.15) is 51.0 Å². The van der Waals surface area contributed by atoms with Gasteiger partial charge in [0.1, 0.15) is 5.65 Å². The molecule has 1 N–H and O–H groups in total. The number of rotatable bonds is 7. The second kappa shape index (κ2) is 11.7. The van der Waals surface area contributed by atoms with E-state index in [1.807, 2.05) is 13.0 Å². The van der Waals surface area contributed by atoms with Crippen molar-refractivity contribution in [3.63, 3.8) is 0 Å². The highest BCUT2D eigenvalue weighted by molar-refractivity contribution is 6.33. The number of hydrogen-bond donors (Lipinski definition) is 1. The summed E-state index contributed by atoms with van der Waals surface area (Å²) in [6, 6.07) is 16.3. The molecule has 4 heterocycles. The third kappa shape index (κ3) is 5.54. The Labute approximate surface area is 249 Å². The molecule has 0 amide bonds. The van der Waals surface area contributed by atoms with Gasteiger partial charge in [0.15, 0.2) is 0 Å². The van der Waals surface area contributed by atoms with Gasteiger partial charge in [-0.3, -0.25) is 9.36 Å². The van der Waals surface area contributed by atoms with Gasteiger partial charge in [-0.15, -0.1) is 0 Å². The molecule has 5 aromatic rings. The van der Waals surface area contributed by atoms with Crippen molar-refractivity contribution < 1.29 is 4.52 Å². The standard InChI is InChI=1S/C32H34ClN7O2/c1-5-40-30-24(16-27(31(40)41)26-11-8-23(17-28(26)33)29-35-20(4)42-38-29)18-34-32(37-30)36-25-9-6-21(7-10-25)22-12-14-39(15-13-22)19(2)3/h6-11,16-19,22H,5,12-15H2,1-4H3,(H,34,36,37). The van der Waals surface area contributed by atoms with Gasteiger partial charge in [-0.05, 0) is 82.4 Å². The minimum Gasteiger partial charge on any atom is -0.339 e. The molecular weight excluding hydrogens is 550 g/mol. The number of pyridine rings is 1. The van der Waals surface area contributed by atoms with E-state index in [0.29, 0.717) is 63.5 Å². The summed E-state index contributed by atoms with van der Waals surface area (Å²) in [5, 5.41) is 8.43. The molecular formula is C32H34ClN7O2. The van der Waals surface area contributed by atoms with E-state index in [2.05, 4.69) is 63.5 Å². The molecule has 0 saturated carbocycles. The number of aryl methyl sites for hydroxylation is 2. The third-order valence-electron chi connectivity index (χ3n) is 8.09. The Morgan fingerprint density at radius 3 is 2.45 bits per heavy atom. The molecule has 42 heavy (non-hydrogen) atoms. The molecule has 0 spiro atoms. The number of fused-ring (bicyclic) bond motifs is 1. The number of nitrogens with zero attached hydrogens (tertiary/aromatic N) is 6. The minimum atomic E-state index is -0.174. The first kappa shape index (κ1) is 28.1. The predicted molar refractivity (Wildman–Crippen MR) is 166 cm³/mol. The second-order valence-electron chi connectivity index (χ2n) is 11.1. The average molecular weight is 584 g/mol. The quantitative estimate of drug-likeness (QED) is 0.223. The van der Waals surface area contributed by atoms with Crippen LogP contribution in [0.3, 0.4) is 0 Å². The maximum absolute atomic E-state index is 13.6. The topological polar surface area (TPSA) is 102 Å². The summed E-state index contributed by atoms with van der Waals surface area (Å²) < 4.78 is 6.73. The third-order valence-corrected chi connectivity index (χ3v) is 8.40. The summed E-state index contributed by atoms with van der Waals surface area (Å²) in [6.45, 7) is 10.9. The fourth-order valence-corrected chi connectivity index (χ4v) is 5.99. The number of likely N-dealkylation sites (tertiary alicyclic amines) is 1. The number of nitrogens with one attached hydrogen (secondary N) is 1. The van der Waals surface area contributed by atoms with Crippen molar-refractivity contribution in [1.29, 1.82) is 0 Å². The Morgan fingerprint density at radius 2 is 1.81 bits per heavy atom. The van der Waals surface area contributed by atoms with Crippen molar-refractivity contribution in [2.75, 3.05) is 18.4 Å². The van der Waals surface area contributed by atoms with Crippen molar-refractivity contribution in [1.82, 2.24) is 29.6 Å². The van der Waals surface area contributed by atoms with Crippen molar-refractivity contribution in [2.45, 2.75) is 59.0 Å². The number of aromatic nitrogens is 5. The van der Waals surface area contributed by atoms with Gasteiger partial charge in [-0.25, -0.2) is 4.98 Å². The second-order valence-corrected chi connectivity index (χ2v) is 11.5. The Bertz CT molecular complexity index is 1790. The van der Waals surface area contributed by atoms with Gasteiger partial charge in [-0.1, -0.05) is 41.0 Å². The SMILES string of the molecule is CCn1c(=O)c(-c2ccc(-c3noc(C)n3)cc2Cl)cc2cnc(Nc3ccc(C4CCN(C(C)C)CC4)cc3)nc21. The fourth-order valence-electron chi connectivity index (χ4n) is 5.71. The molecule has 1 aliphatic rings. The molecule has 0 aliphatic carbocycles. The van der Waals surface area contributed by atoms with Crippen LogP contribution in [0.2, 0.25) is 5.02 Å². The molecule has 6 rings (SSSR count). The Hall–Kier alpha value is -4.08. The molecule has 2 aromatic carbocycles. The molecule has 9 nitrogen and oxygen atoms in total. The largest absolute Gasteiger partial charge is 0.339 e. The highest BCUT2D eigenvalue weighted by Crippen LogP contribution is 2.32. The van der Waals surface area contributed by atoms with Crippen LogP contribution >= 0.6 is 11.6 Å². The lowest BCUT2D eigenvalue weighted by Crippen LogP contribution is -2.37. The molecule has 1 saturated heterocycles. The van der Waals surface area contributed by atoms with E-state index in [4.69, 9.17) is 21.1 Å². The lowest BCUT2D eigenvalue weighted by molar-refractivity contribution is 0.172. The summed E-state index contributed by atoms with van der Waals surface area (Å²) >= 11 is 6.66. The van der Waals surface area contributed by atoms with Crippen LogP contribution in [0.15, 0.2) is 64.0 Å². The lowest BCUT2D eigenvalue weighted by Gasteiger charge is -2.34. The molecule has 1 aliphatic heterocycles. The van der Waals surface area contributed by atoms with Gasteiger partial charge in [0.05, 0.1) is 0 Å². The van der Waals surface area contributed by atoms with Gasteiger partial charge in [0.2, 0.25) is 17.7 Å². The van der Waals surface area contributed by atoms with Crippen molar-refractivity contribution in [3.05, 3.63) is 81.6 Å². The number of anilines is 2. The zero-order valence-electron chi connectivity index (χ0n) is 24.3. The summed E-state index contributed by atoms with van der Waals surface area (Å²) in [5.41, 5.74) is 4.47. The molecule has 10 heteroatoms. The van der Waals surface area contributed by atoms with Crippen LogP contribution in [-0.2, 0) is 6.54 Å². The first-order chi connectivity index (χ1) is 20.3. The summed E-state index contributed by atoms with van der Waals surface area (Å²) in [7, 11) is 0. The van der Waals surface area contributed by atoms with Crippen LogP contribution in [0.25, 0.3) is 33.5 Å². The maximum atomic E-state index is 13.6. The zero-order chi connectivity index (χ0) is 29.4. The van der Waals surface area contributed by atoms with Crippen LogP contribution in [0.5, 0.6) is 0 Å². The van der Waals surface area contributed by atoms with Crippen molar-refractivity contribution in [3.8, 4) is 22.5 Å². The summed E-state index contributed by atoms with van der Waals surface area (Å²) in [5.74, 6) is 1.94. The van der Waals surface area contributed by atoms with E-state index < -0.39 is 0 Å². The highest BCUT2D eigenvalue weighted by Gasteiger charge is 2.22. The maximum Gasteiger partial charge on any atom is 0.260 e. The molecule has 0 atom stereocenters. The zero-order valence-corrected chi connectivity index (χ0v) is 25.0. The molecule has 0 radical (unpaired) electrons. The van der Waals surface area contributed by atoms with Crippen LogP contribution in [0, 0.1) is 6.92 Å². The van der Waals surface area contributed by atoms with Gasteiger partial charge in [0, 0.05) is 58.5 Å². The molecule has 216 valence electrons. The van der Waals surface area contributed by atoms with E-state index in [1.54, 1.807) is 35.9 Å². The molecule has 0 unspecified atom stereocenters. The highest BCUT2D eigenvalue weighted by atomic mass is 35.5. The van der Waals surface area contributed by atoms with E-state index in [1.165, 1.54) is 18.4 Å². The predicted octanol–water partition coefficient (Wildman–Crippen LogP) is 6.82. The van der Waals surface area contributed by atoms with E-state index >= 15 is 0 Å². The van der Waals surface area contributed by atoms with Gasteiger partial charge in [0.25, 0.3) is 5.56 Å². The Kier molecular flexibility index (Phi) is 7.79. The normalized spacial score (nSPS) is 14.6. The summed E-state index contributed by atoms with van der Waals surface area (Å²) in [4.78, 5) is 29.7. The lowest BCUT2D eigenvalue weighted by atomic mass is 9.89. The van der Waals surface area contributed by atoms with Gasteiger partial charge in [-0.2, -0.15) is 9.97 Å².